The Kier molecular flexibility index (Phi) is 4.70. The monoisotopic (exact) mass is 185 g/mol. The van der Waals surface area contributed by atoms with Gasteiger partial charge in [-0.1, -0.05) is 13.8 Å². The minimum absolute atomic E-state index is 0.605. The van der Waals surface area contributed by atoms with Crippen LogP contribution in [-0.4, -0.2) is 43.7 Å². The largest absolute Gasteiger partial charge is 0.330 e. The second kappa shape index (κ2) is 5.58. The summed E-state index contributed by atoms with van der Waals surface area (Å²) < 4.78 is 0. The number of nitrogens with one attached hydrogen (secondary N) is 1. The van der Waals surface area contributed by atoms with Crippen LogP contribution in [0.1, 0.15) is 20.3 Å². The van der Waals surface area contributed by atoms with Crippen molar-refractivity contribution >= 4 is 0 Å². The number of nitrogens with zero attached hydrogens (tertiary/aromatic N) is 1. The van der Waals surface area contributed by atoms with Crippen LogP contribution in [0.15, 0.2) is 0 Å². The lowest BCUT2D eigenvalue weighted by Crippen LogP contribution is -2.34. The molecular weight excluding hydrogens is 162 g/mol. The summed E-state index contributed by atoms with van der Waals surface area (Å²) in [5, 5.41) is 3.43. The molecule has 1 fully saturated rings. The molecule has 0 aliphatic carbocycles. The first kappa shape index (κ1) is 11.0. The molecule has 0 radical (unpaired) electrons. The third-order valence-electron chi connectivity index (χ3n) is 2.68. The van der Waals surface area contributed by atoms with Gasteiger partial charge in [-0.25, -0.2) is 0 Å². The zero-order chi connectivity index (χ0) is 9.68. The van der Waals surface area contributed by atoms with E-state index in [0.29, 0.717) is 6.04 Å². The maximum Gasteiger partial charge on any atom is 0.0107 e. The van der Waals surface area contributed by atoms with E-state index in [1.165, 1.54) is 26.1 Å². The predicted octanol–water partition coefficient (Wildman–Crippen LogP) is 0.265. The van der Waals surface area contributed by atoms with Crippen molar-refractivity contribution in [1.29, 1.82) is 0 Å². The number of hydrogen-bond acceptors (Lipinski definition) is 3. The lowest BCUT2D eigenvalue weighted by Gasteiger charge is -2.16. The van der Waals surface area contributed by atoms with Crippen LogP contribution in [0.2, 0.25) is 0 Å². The van der Waals surface area contributed by atoms with Gasteiger partial charge in [0, 0.05) is 25.7 Å². The average molecular weight is 185 g/mol. The van der Waals surface area contributed by atoms with Gasteiger partial charge in [0.2, 0.25) is 0 Å². The minimum Gasteiger partial charge on any atom is -0.330 e. The van der Waals surface area contributed by atoms with Crippen LogP contribution in [0.5, 0.6) is 0 Å². The molecule has 1 aliphatic heterocycles. The van der Waals surface area contributed by atoms with Gasteiger partial charge in [-0.15, -0.1) is 0 Å². The molecule has 1 saturated heterocycles. The van der Waals surface area contributed by atoms with Crippen molar-refractivity contribution in [3.8, 4) is 0 Å². The van der Waals surface area contributed by atoms with Crippen molar-refractivity contribution in [3.05, 3.63) is 0 Å². The highest BCUT2D eigenvalue weighted by atomic mass is 15.2. The number of rotatable bonds is 5. The van der Waals surface area contributed by atoms with E-state index in [1.807, 2.05) is 0 Å². The molecule has 0 aromatic heterocycles. The first-order chi connectivity index (χ1) is 6.22. The molecule has 1 aliphatic rings. The van der Waals surface area contributed by atoms with Gasteiger partial charge in [-0.3, -0.25) is 0 Å². The highest BCUT2D eigenvalue weighted by Gasteiger charge is 2.20. The lowest BCUT2D eigenvalue weighted by molar-refractivity contribution is 0.319. The van der Waals surface area contributed by atoms with Gasteiger partial charge in [0.05, 0.1) is 0 Å². The molecule has 1 atom stereocenters. The first-order valence-electron chi connectivity index (χ1n) is 5.38. The van der Waals surface area contributed by atoms with Gasteiger partial charge in [-0.2, -0.15) is 0 Å². The zero-order valence-corrected chi connectivity index (χ0v) is 8.92. The summed E-state index contributed by atoms with van der Waals surface area (Å²) in [6.45, 7) is 9.95. The average Bonchev–Trinajstić information content (AvgIpc) is 2.52. The molecule has 0 saturated carbocycles. The Bertz CT molecular complexity index is 136. The molecule has 1 rings (SSSR count). The Balaban J connectivity index is 2.03. The standard InChI is InChI=1S/C10H23N3/c1-9(2)12-4-6-13-5-3-10(7-11)8-13/h9-10,12H,3-8,11H2,1-2H3. The Morgan fingerprint density at radius 3 is 2.85 bits per heavy atom. The summed E-state index contributed by atoms with van der Waals surface area (Å²) in [7, 11) is 0. The SMILES string of the molecule is CC(C)NCCN1CCC(CN)C1. The Labute approximate surface area is 81.7 Å². The van der Waals surface area contributed by atoms with E-state index in [2.05, 4.69) is 24.1 Å². The highest BCUT2D eigenvalue weighted by Crippen LogP contribution is 2.13. The number of nitrogens with two attached hydrogens (primary N) is 1. The van der Waals surface area contributed by atoms with E-state index < -0.39 is 0 Å². The predicted molar refractivity (Wildman–Crippen MR) is 56.7 cm³/mol. The second-order valence-electron chi connectivity index (χ2n) is 4.30. The first-order valence-corrected chi connectivity index (χ1v) is 5.38. The van der Waals surface area contributed by atoms with Gasteiger partial charge in [0.15, 0.2) is 0 Å². The summed E-state index contributed by atoms with van der Waals surface area (Å²) in [4.78, 5) is 2.51. The molecule has 78 valence electrons. The molecule has 0 aromatic rings. The third kappa shape index (κ3) is 4.07. The fourth-order valence-corrected chi connectivity index (χ4v) is 1.82. The van der Waals surface area contributed by atoms with E-state index in [-0.39, 0.29) is 0 Å². The topological polar surface area (TPSA) is 41.3 Å². The summed E-state index contributed by atoms with van der Waals surface area (Å²) >= 11 is 0. The molecule has 3 nitrogen and oxygen atoms in total. The van der Waals surface area contributed by atoms with Crippen molar-refractivity contribution in [3.63, 3.8) is 0 Å². The van der Waals surface area contributed by atoms with Crippen molar-refractivity contribution < 1.29 is 0 Å². The normalized spacial score (nSPS) is 24.5. The summed E-state index contributed by atoms with van der Waals surface area (Å²) in [6.07, 6.45) is 1.29. The molecule has 0 aromatic carbocycles. The van der Waals surface area contributed by atoms with E-state index in [9.17, 15) is 0 Å². The molecule has 0 amide bonds. The van der Waals surface area contributed by atoms with Crippen LogP contribution in [-0.2, 0) is 0 Å². The molecule has 1 unspecified atom stereocenters. The molecule has 13 heavy (non-hydrogen) atoms. The van der Waals surface area contributed by atoms with Crippen LogP contribution in [0.25, 0.3) is 0 Å². The zero-order valence-electron chi connectivity index (χ0n) is 8.92. The third-order valence-corrected chi connectivity index (χ3v) is 2.68. The fourth-order valence-electron chi connectivity index (χ4n) is 1.82. The van der Waals surface area contributed by atoms with Gasteiger partial charge < -0.3 is 16.0 Å². The van der Waals surface area contributed by atoms with E-state index in [0.717, 1.165) is 19.0 Å². The Morgan fingerprint density at radius 1 is 1.54 bits per heavy atom. The minimum atomic E-state index is 0.605. The van der Waals surface area contributed by atoms with Gasteiger partial charge in [0.1, 0.15) is 0 Å². The molecule has 0 spiro atoms. The van der Waals surface area contributed by atoms with Crippen molar-refractivity contribution in [1.82, 2.24) is 10.2 Å². The smallest absolute Gasteiger partial charge is 0.0107 e. The second-order valence-corrected chi connectivity index (χ2v) is 4.30. The highest BCUT2D eigenvalue weighted by molar-refractivity contribution is 4.76. The summed E-state index contributed by atoms with van der Waals surface area (Å²) in [5.74, 6) is 0.749. The van der Waals surface area contributed by atoms with Gasteiger partial charge in [-0.05, 0) is 25.4 Å². The number of likely N-dealkylation sites (tertiary alicyclic amines) is 1. The van der Waals surface area contributed by atoms with Crippen LogP contribution in [0, 0.1) is 5.92 Å². The molecule has 3 N–H and O–H groups in total. The van der Waals surface area contributed by atoms with Crippen LogP contribution < -0.4 is 11.1 Å². The van der Waals surface area contributed by atoms with E-state index in [4.69, 9.17) is 5.73 Å². The summed E-state index contributed by atoms with van der Waals surface area (Å²) in [6, 6.07) is 0.605. The van der Waals surface area contributed by atoms with E-state index >= 15 is 0 Å². The Hall–Kier alpha value is -0.120. The maximum atomic E-state index is 5.63. The van der Waals surface area contributed by atoms with Crippen LogP contribution in [0.3, 0.4) is 0 Å². The van der Waals surface area contributed by atoms with Crippen molar-refractivity contribution in [2.24, 2.45) is 11.7 Å². The molecular formula is C10H23N3. The number of hydrogen-bond donors (Lipinski definition) is 2. The molecule has 3 heteroatoms. The Morgan fingerprint density at radius 2 is 2.31 bits per heavy atom. The summed E-state index contributed by atoms with van der Waals surface area (Å²) in [5.41, 5.74) is 5.63. The van der Waals surface area contributed by atoms with Crippen molar-refractivity contribution in [2.45, 2.75) is 26.3 Å². The van der Waals surface area contributed by atoms with Crippen LogP contribution in [0.4, 0.5) is 0 Å². The maximum absolute atomic E-state index is 5.63. The van der Waals surface area contributed by atoms with Crippen molar-refractivity contribution in [2.75, 3.05) is 32.7 Å². The van der Waals surface area contributed by atoms with Gasteiger partial charge >= 0.3 is 0 Å². The van der Waals surface area contributed by atoms with Crippen LogP contribution >= 0.6 is 0 Å². The molecule has 1 heterocycles. The fraction of sp³-hybridized carbons (Fsp3) is 1.00. The van der Waals surface area contributed by atoms with Gasteiger partial charge in [0.25, 0.3) is 0 Å². The quantitative estimate of drug-likeness (QED) is 0.646. The molecule has 0 bridgehead atoms. The van der Waals surface area contributed by atoms with E-state index in [1.54, 1.807) is 0 Å². The lowest BCUT2D eigenvalue weighted by atomic mass is 10.1.